The second-order valence-corrected chi connectivity index (χ2v) is 5.85. The molecule has 1 saturated heterocycles. The van der Waals surface area contributed by atoms with E-state index in [0.29, 0.717) is 26.3 Å². The highest BCUT2D eigenvalue weighted by molar-refractivity contribution is 7.92. The molecule has 94 valence electrons. The normalized spacial score (nSPS) is 17.4. The molecule has 1 amide bonds. The molecule has 0 aromatic heterocycles. The van der Waals surface area contributed by atoms with E-state index in [9.17, 15) is 13.2 Å². The Morgan fingerprint density at radius 2 is 1.94 bits per heavy atom. The van der Waals surface area contributed by atoms with Crippen molar-refractivity contribution in [3.8, 4) is 0 Å². The lowest BCUT2D eigenvalue weighted by Crippen LogP contribution is -2.43. The van der Waals surface area contributed by atoms with Crippen molar-refractivity contribution in [1.82, 2.24) is 4.90 Å². The molecular formula is C9H17NO5S. The van der Waals surface area contributed by atoms with Gasteiger partial charge in [0.2, 0.25) is 5.91 Å². The van der Waals surface area contributed by atoms with Crippen molar-refractivity contribution < 1.29 is 23.1 Å². The van der Waals surface area contributed by atoms with Crippen LogP contribution in [-0.4, -0.2) is 68.7 Å². The van der Waals surface area contributed by atoms with Crippen molar-refractivity contribution in [1.29, 1.82) is 0 Å². The van der Waals surface area contributed by atoms with Gasteiger partial charge in [-0.1, -0.05) is 0 Å². The Labute approximate surface area is 95.1 Å². The molecule has 0 atom stereocenters. The van der Waals surface area contributed by atoms with Crippen LogP contribution >= 0.6 is 0 Å². The summed E-state index contributed by atoms with van der Waals surface area (Å²) in [6, 6.07) is 0. The Bertz CT molecular complexity index is 321. The number of hydrogen-bond acceptors (Lipinski definition) is 5. The average molecular weight is 251 g/mol. The molecule has 1 aliphatic rings. The van der Waals surface area contributed by atoms with Gasteiger partial charge in [-0.25, -0.2) is 8.42 Å². The van der Waals surface area contributed by atoms with E-state index in [-0.39, 0.29) is 24.7 Å². The van der Waals surface area contributed by atoms with Crippen molar-refractivity contribution in [2.75, 3.05) is 44.4 Å². The molecular weight excluding hydrogens is 234 g/mol. The highest BCUT2D eigenvalue weighted by Crippen LogP contribution is 2.01. The van der Waals surface area contributed by atoms with Gasteiger partial charge in [-0.15, -0.1) is 0 Å². The van der Waals surface area contributed by atoms with Crippen LogP contribution in [0.5, 0.6) is 0 Å². The first kappa shape index (κ1) is 13.4. The molecule has 0 saturated carbocycles. The maximum atomic E-state index is 11.6. The monoisotopic (exact) mass is 251 g/mol. The van der Waals surface area contributed by atoms with Crippen molar-refractivity contribution >= 4 is 15.7 Å². The lowest BCUT2D eigenvalue weighted by atomic mass is 10.4. The summed E-state index contributed by atoms with van der Waals surface area (Å²) in [5.41, 5.74) is 0. The molecule has 16 heavy (non-hydrogen) atoms. The molecule has 1 aliphatic heterocycles. The van der Waals surface area contributed by atoms with Crippen LogP contribution in [0.1, 0.15) is 6.42 Å². The van der Waals surface area contributed by atoms with Gasteiger partial charge in [0, 0.05) is 19.7 Å². The number of aliphatic hydroxyl groups is 1. The third kappa shape index (κ3) is 4.46. The maximum absolute atomic E-state index is 11.6. The van der Waals surface area contributed by atoms with E-state index in [4.69, 9.17) is 9.84 Å². The molecule has 0 aliphatic carbocycles. The first-order valence-corrected chi connectivity index (χ1v) is 7.04. The predicted molar refractivity (Wildman–Crippen MR) is 57.8 cm³/mol. The zero-order chi connectivity index (χ0) is 12.0. The zero-order valence-corrected chi connectivity index (χ0v) is 9.91. The second kappa shape index (κ2) is 6.17. The summed E-state index contributed by atoms with van der Waals surface area (Å²) in [6.45, 7) is 1.65. The standard InChI is InChI=1S/C9H17NO5S/c11-4-1-7-16(13,14)8-9(12)10-2-5-15-6-3-10/h11H,1-8H2. The van der Waals surface area contributed by atoms with E-state index in [0.717, 1.165) is 0 Å². The van der Waals surface area contributed by atoms with Crippen LogP contribution in [0.25, 0.3) is 0 Å². The Kier molecular flexibility index (Phi) is 5.17. The topological polar surface area (TPSA) is 83.9 Å². The molecule has 1 fully saturated rings. The molecule has 1 N–H and O–H groups in total. The van der Waals surface area contributed by atoms with E-state index in [1.54, 1.807) is 0 Å². The molecule has 0 unspecified atom stereocenters. The fraction of sp³-hybridized carbons (Fsp3) is 0.889. The average Bonchev–Trinajstić information content (AvgIpc) is 2.27. The fourth-order valence-corrected chi connectivity index (χ4v) is 2.72. The number of aliphatic hydroxyl groups excluding tert-OH is 1. The number of carbonyl (C=O) groups is 1. The van der Waals surface area contributed by atoms with Crippen LogP contribution in [0.2, 0.25) is 0 Å². The van der Waals surface area contributed by atoms with Crippen molar-refractivity contribution in [2.45, 2.75) is 6.42 Å². The van der Waals surface area contributed by atoms with E-state index in [2.05, 4.69) is 0 Å². The SMILES string of the molecule is O=C(CS(=O)(=O)CCCO)N1CCOCC1. The first-order chi connectivity index (χ1) is 7.55. The third-order valence-corrected chi connectivity index (χ3v) is 3.92. The first-order valence-electron chi connectivity index (χ1n) is 5.22. The highest BCUT2D eigenvalue weighted by atomic mass is 32.2. The predicted octanol–water partition coefficient (Wildman–Crippen LogP) is -1.36. The molecule has 1 rings (SSSR count). The minimum atomic E-state index is -3.38. The van der Waals surface area contributed by atoms with Crippen LogP contribution in [0.3, 0.4) is 0 Å². The Hall–Kier alpha value is -0.660. The fourth-order valence-electron chi connectivity index (χ4n) is 1.45. The summed E-state index contributed by atoms with van der Waals surface area (Å²) >= 11 is 0. The van der Waals surface area contributed by atoms with Gasteiger partial charge >= 0.3 is 0 Å². The Morgan fingerprint density at radius 3 is 2.50 bits per heavy atom. The smallest absolute Gasteiger partial charge is 0.237 e. The lowest BCUT2D eigenvalue weighted by molar-refractivity contribution is -0.132. The highest BCUT2D eigenvalue weighted by Gasteiger charge is 2.22. The van der Waals surface area contributed by atoms with Crippen molar-refractivity contribution in [3.63, 3.8) is 0 Å². The summed E-state index contributed by atoms with van der Waals surface area (Å²) in [4.78, 5) is 13.1. The van der Waals surface area contributed by atoms with Crippen LogP contribution in [0.15, 0.2) is 0 Å². The van der Waals surface area contributed by atoms with Gasteiger partial charge in [0.1, 0.15) is 5.75 Å². The molecule has 0 bridgehead atoms. The quantitative estimate of drug-likeness (QED) is 0.652. The van der Waals surface area contributed by atoms with E-state index in [1.807, 2.05) is 0 Å². The third-order valence-electron chi connectivity index (χ3n) is 2.32. The van der Waals surface area contributed by atoms with Crippen molar-refractivity contribution in [2.24, 2.45) is 0 Å². The van der Waals surface area contributed by atoms with E-state index >= 15 is 0 Å². The van der Waals surface area contributed by atoms with Gasteiger partial charge in [0.25, 0.3) is 0 Å². The second-order valence-electron chi connectivity index (χ2n) is 3.66. The number of nitrogens with zero attached hydrogens (tertiary/aromatic N) is 1. The zero-order valence-electron chi connectivity index (χ0n) is 9.09. The molecule has 7 heteroatoms. The van der Waals surface area contributed by atoms with Gasteiger partial charge in [-0.05, 0) is 6.42 Å². The van der Waals surface area contributed by atoms with Crippen LogP contribution in [0.4, 0.5) is 0 Å². The van der Waals surface area contributed by atoms with Gasteiger partial charge in [-0.2, -0.15) is 0 Å². The van der Waals surface area contributed by atoms with Gasteiger partial charge in [0.05, 0.1) is 19.0 Å². The largest absolute Gasteiger partial charge is 0.396 e. The summed E-state index contributed by atoms with van der Waals surface area (Å²) in [6.07, 6.45) is 0.179. The molecule has 0 aromatic carbocycles. The Morgan fingerprint density at radius 1 is 1.31 bits per heavy atom. The molecule has 1 heterocycles. The number of sulfone groups is 1. The number of amides is 1. The minimum absolute atomic E-state index is 0.139. The molecule has 0 radical (unpaired) electrons. The summed E-state index contributed by atoms with van der Waals surface area (Å²) in [5, 5.41) is 8.54. The van der Waals surface area contributed by atoms with Crippen molar-refractivity contribution in [3.05, 3.63) is 0 Å². The summed E-state index contributed by atoms with van der Waals surface area (Å²) in [7, 11) is -3.38. The summed E-state index contributed by atoms with van der Waals surface area (Å²) < 4.78 is 28.0. The lowest BCUT2D eigenvalue weighted by Gasteiger charge is -2.26. The van der Waals surface area contributed by atoms with Gasteiger partial charge in [0.15, 0.2) is 9.84 Å². The van der Waals surface area contributed by atoms with Gasteiger partial charge in [-0.3, -0.25) is 4.79 Å². The number of carbonyl (C=O) groups excluding carboxylic acids is 1. The van der Waals surface area contributed by atoms with E-state index in [1.165, 1.54) is 4.90 Å². The van der Waals surface area contributed by atoms with Crippen LogP contribution < -0.4 is 0 Å². The molecule has 6 nitrogen and oxygen atoms in total. The number of hydrogen-bond donors (Lipinski definition) is 1. The maximum Gasteiger partial charge on any atom is 0.237 e. The van der Waals surface area contributed by atoms with Crippen LogP contribution in [0, 0.1) is 0 Å². The Balaban J connectivity index is 2.43. The summed E-state index contributed by atoms with van der Waals surface area (Å²) in [5.74, 6) is -0.978. The number of rotatable bonds is 5. The van der Waals surface area contributed by atoms with Crippen LogP contribution in [-0.2, 0) is 19.4 Å². The minimum Gasteiger partial charge on any atom is -0.396 e. The van der Waals surface area contributed by atoms with E-state index < -0.39 is 15.6 Å². The molecule has 0 spiro atoms. The van der Waals surface area contributed by atoms with Gasteiger partial charge < -0.3 is 14.7 Å². The number of morpholine rings is 1. The number of ether oxygens (including phenoxy) is 1. The molecule has 0 aromatic rings.